The number of ether oxygens (including phenoxy) is 2. The van der Waals surface area contributed by atoms with E-state index in [1.807, 2.05) is 0 Å². The van der Waals surface area contributed by atoms with Gasteiger partial charge in [-0.2, -0.15) is 5.10 Å². The maximum atomic E-state index is 14.5. The minimum atomic E-state index is -1.07. The third-order valence-corrected chi connectivity index (χ3v) is 4.05. The van der Waals surface area contributed by atoms with E-state index in [0.29, 0.717) is 0 Å². The van der Waals surface area contributed by atoms with E-state index in [1.54, 1.807) is 0 Å². The summed E-state index contributed by atoms with van der Waals surface area (Å²) in [7, 11) is 2.68. The predicted octanol–water partition coefficient (Wildman–Crippen LogP) is 5.41. The fraction of sp³-hybridized carbons (Fsp3) is 0.167. The molecule has 0 bridgehead atoms. The van der Waals surface area contributed by atoms with E-state index in [0.717, 1.165) is 28.9 Å². The van der Waals surface area contributed by atoms with Crippen LogP contribution in [0.15, 0.2) is 24.3 Å². The van der Waals surface area contributed by atoms with Crippen LogP contribution >= 0.6 is 11.6 Å². The van der Waals surface area contributed by atoms with Gasteiger partial charge in [0.05, 0.1) is 23.9 Å². The number of nitrogens with zero attached hydrogens (tertiary/aromatic N) is 2. The summed E-state index contributed by atoms with van der Waals surface area (Å²) in [5, 5.41) is 3.88. The predicted molar refractivity (Wildman–Crippen MR) is 91.3 cm³/mol. The molecule has 0 unspecified atom stereocenters. The number of halogens is 5. The van der Waals surface area contributed by atoms with Crippen molar-refractivity contribution in [2.75, 3.05) is 7.11 Å². The first-order chi connectivity index (χ1) is 12.7. The summed E-state index contributed by atoms with van der Waals surface area (Å²) in [6, 6.07) is 3.69. The number of rotatable bonds is 4. The Morgan fingerprint density at radius 1 is 0.926 bits per heavy atom. The first kappa shape index (κ1) is 19.0. The lowest BCUT2D eigenvalue weighted by molar-refractivity contribution is 0.378. The summed E-state index contributed by atoms with van der Waals surface area (Å²) < 4.78 is 68.5. The van der Waals surface area contributed by atoms with Gasteiger partial charge in [-0.15, -0.1) is 0 Å². The van der Waals surface area contributed by atoms with Crippen LogP contribution in [-0.4, -0.2) is 16.9 Å². The Hall–Kier alpha value is -2.74. The molecule has 142 valence electrons. The molecule has 2 aromatic carbocycles. The van der Waals surface area contributed by atoms with E-state index in [4.69, 9.17) is 21.1 Å². The second kappa shape index (κ2) is 7.11. The van der Waals surface area contributed by atoms with Gasteiger partial charge < -0.3 is 9.47 Å². The molecule has 0 atom stereocenters. The summed E-state index contributed by atoms with van der Waals surface area (Å²) in [5.74, 6) is -5.04. The van der Waals surface area contributed by atoms with Crippen molar-refractivity contribution in [1.82, 2.24) is 9.78 Å². The molecule has 0 fully saturated rings. The summed E-state index contributed by atoms with van der Waals surface area (Å²) in [6.45, 7) is 1.49. The number of benzene rings is 2. The Balaban J connectivity index is 2.19. The van der Waals surface area contributed by atoms with Gasteiger partial charge in [-0.25, -0.2) is 22.2 Å². The van der Waals surface area contributed by atoms with Gasteiger partial charge in [0.2, 0.25) is 11.6 Å². The molecule has 4 nitrogen and oxygen atoms in total. The van der Waals surface area contributed by atoms with E-state index in [1.165, 1.54) is 21.1 Å². The number of hydrogen-bond donors (Lipinski definition) is 0. The van der Waals surface area contributed by atoms with Crippen molar-refractivity contribution in [2.24, 2.45) is 7.05 Å². The van der Waals surface area contributed by atoms with E-state index in [2.05, 4.69) is 5.10 Å². The zero-order valence-corrected chi connectivity index (χ0v) is 15.2. The van der Waals surface area contributed by atoms with Crippen molar-refractivity contribution >= 4 is 11.6 Å². The summed E-state index contributed by atoms with van der Waals surface area (Å²) in [6.07, 6.45) is 0. The Bertz CT molecular complexity index is 990. The lowest BCUT2D eigenvalue weighted by Gasteiger charge is -2.12. The lowest BCUT2D eigenvalue weighted by atomic mass is 10.0. The van der Waals surface area contributed by atoms with E-state index < -0.39 is 34.6 Å². The molecular weight excluding hydrogens is 388 g/mol. The summed E-state index contributed by atoms with van der Waals surface area (Å²) in [4.78, 5) is 0. The van der Waals surface area contributed by atoms with Crippen LogP contribution in [0, 0.1) is 30.2 Å². The van der Waals surface area contributed by atoms with Crippen molar-refractivity contribution in [1.29, 1.82) is 0 Å². The van der Waals surface area contributed by atoms with Gasteiger partial charge in [-0.05, 0) is 19.1 Å². The van der Waals surface area contributed by atoms with Crippen LogP contribution in [0.3, 0.4) is 0 Å². The molecule has 0 saturated heterocycles. The third kappa shape index (κ3) is 3.44. The molecule has 0 N–H and O–H groups in total. The molecule has 9 heteroatoms. The molecule has 1 heterocycles. The van der Waals surface area contributed by atoms with Gasteiger partial charge in [-0.3, -0.25) is 0 Å². The van der Waals surface area contributed by atoms with E-state index in [9.17, 15) is 17.6 Å². The minimum absolute atomic E-state index is 0.0208. The van der Waals surface area contributed by atoms with Crippen molar-refractivity contribution in [3.8, 4) is 28.5 Å². The van der Waals surface area contributed by atoms with Gasteiger partial charge >= 0.3 is 0 Å². The molecule has 3 rings (SSSR count). The summed E-state index contributed by atoms with van der Waals surface area (Å²) in [5.41, 5.74) is -0.333. The summed E-state index contributed by atoms with van der Waals surface area (Å²) >= 11 is 5.59. The highest BCUT2D eigenvalue weighted by molar-refractivity contribution is 6.30. The third-order valence-electron chi connectivity index (χ3n) is 3.83. The number of hydrogen-bond acceptors (Lipinski definition) is 3. The standard InChI is InChI=1S/C18H13ClF4N2O2/c1-8-15(16-11(20)6-10(26-3)7-12(16)21)18(25(2)24-8)27-17-13(22)4-9(19)5-14(17)23/h4-7H,1-3H3. The van der Waals surface area contributed by atoms with Gasteiger partial charge in [0, 0.05) is 24.2 Å². The molecule has 0 spiro atoms. The van der Waals surface area contributed by atoms with Crippen LogP contribution in [0.2, 0.25) is 5.02 Å². The largest absolute Gasteiger partial charge is 0.497 e. The van der Waals surface area contributed by atoms with Crippen LogP contribution in [0.1, 0.15) is 5.69 Å². The fourth-order valence-electron chi connectivity index (χ4n) is 2.67. The molecular formula is C18H13ClF4N2O2. The molecule has 0 aliphatic carbocycles. The van der Waals surface area contributed by atoms with Gasteiger partial charge in [0.1, 0.15) is 17.4 Å². The van der Waals surface area contributed by atoms with E-state index in [-0.39, 0.29) is 27.9 Å². The SMILES string of the molecule is COc1cc(F)c(-c2c(C)nn(C)c2Oc2c(F)cc(Cl)cc2F)c(F)c1. The van der Waals surface area contributed by atoms with Crippen LogP contribution in [0.4, 0.5) is 17.6 Å². The first-order valence-corrected chi connectivity index (χ1v) is 8.00. The molecule has 3 aromatic rings. The highest BCUT2D eigenvalue weighted by Crippen LogP contribution is 2.41. The lowest BCUT2D eigenvalue weighted by Crippen LogP contribution is -2.01. The van der Waals surface area contributed by atoms with Crippen molar-refractivity contribution in [3.63, 3.8) is 0 Å². The topological polar surface area (TPSA) is 36.3 Å². The number of aromatic nitrogens is 2. The normalized spacial score (nSPS) is 11.0. The monoisotopic (exact) mass is 400 g/mol. The van der Waals surface area contributed by atoms with Crippen LogP contribution in [0.25, 0.3) is 11.1 Å². The molecule has 0 amide bonds. The van der Waals surface area contributed by atoms with Crippen molar-refractivity contribution < 1.29 is 27.0 Å². The first-order valence-electron chi connectivity index (χ1n) is 7.62. The quantitative estimate of drug-likeness (QED) is 0.550. The minimum Gasteiger partial charge on any atom is -0.497 e. The van der Waals surface area contributed by atoms with Crippen molar-refractivity contribution in [3.05, 3.63) is 58.3 Å². The van der Waals surface area contributed by atoms with Gasteiger partial charge in [0.25, 0.3) is 0 Å². The second-order valence-electron chi connectivity index (χ2n) is 5.66. The molecule has 1 aromatic heterocycles. The van der Waals surface area contributed by atoms with Gasteiger partial charge in [0.15, 0.2) is 11.6 Å². The Labute approximate surface area is 156 Å². The van der Waals surface area contributed by atoms with E-state index >= 15 is 0 Å². The Morgan fingerprint density at radius 3 is 2.00 bits per heavy atom. The molecule has 27 heavy (non-hydrogen) atoms. The highest BCUT2D eigenvalue weighted by Gasteiger charge is 2.26. The molecule has 0 saturated carbocycles. The zero-order chi connectivity index (χ0) is 19.9. The molecule has 0 aliphatic heterocycles. The number of aryl methyl sites for hydroxylation is 2. The van der Waals surface area contributed by atoms with Gasteiger partial charge in [-0.1, -0.05) is 11.6 Å². The Kier molecular flexibility index (Phi) is 5.01. The molecule has 0 radical (unpaired) electrons. The van der Waals surface area contributed by atoms with Crippen molar-refractivity contribution in [2.45, 2.75) is 6.92 Å². The maximum absolute atomic E-state index is 14.5. The average Bonchev–Trinajstić information content (AvgIpc) is 2.84. The van der Waals surface area contributed by atoms with Crippen LogP contribution in [-0.2, 0) is 7.05 Å². The molecule has 0 aliphatic rings. The average molecular weight is 401 g/mol. The van der Waals surface area contributed by atoms with Crippen LogP contribution in [0.5, 0.6) is 17.4 Å². The zero-order valence-electron chi connectivity index (χ0n) is 14.4. The fourth-order valence-corrected chi connectivity index (χ4v) is 2.86. The Morgan fingerprint density at radius 2 is 1.48 bits per heavy atom. The number of methoxy groups -OCH3 is 1. The second-order valence-corrected chi connectivity index (χ2v) is 6.09. The van der Waals surface area contributed by atoms with Crippen LogP contribution < -0.4 is 9.47 Å². The smallest absolute Gasteiger partial charge is 0.226 e. The maximum Gasteiger partial charge on any atom is 0.226 e. The highest BCUT2D eigenvalue weighted by atomic mass is 35.5.